The van der Waals surface area contributed by atoms with Crippen LogP contribution in [-0.2, 0) is 10.2 Å². The van der Waals surface area contributed by atoms with Gasteiger partial charge >= 0.3 is 0 Å². The van der Waals surface area contributed by atoms with Gasteiger partial charge in [0.25, 0.3) is 0 Å². The van der Waals surface area contributed by atoms with Gasteiger partial charge in [-0.25, -0.2) is 0 Å². The molecule has 2 unspecified atom stereocenters. The number of likely N-dealkylation sites (tertiary alicyclic amines) is 1. The highest BCUT2D eigenvalue weighted by Crippen LogP contribution is 2.42. The van der Waals surface area contributed by atoms with E-state index < -0.39 is 0 Å². The lowest BCUT2D eigenvalue weighted by atomic mass is 9.67. The summed E-state index contributed by atoms with van der Waals surface area (Å²) in [4.78, 5) is 15.1. The van der Waals surface area contributed by atoms with Crippen LogP contribution in [-0.4, -0.2) is 29.1 Å². The molecule has 26 heavy (non-hydrogen) atoms. The number of carbonyl (C=O) groups is 1. The van der Waals surface area contributed by atoms with E-state index in [9.17, 15) is 4.79 Å². The lowest BCUT2D eigenvalue weighted by Gasteiger charge is -2.45. The van der Waals surface area contributed by atoms with Gasteiger partial charge in [-0.05, 0) is 43.2 Å². The van der Waals surface area contributed by atoms with Crippen molar-refractivity contribution in [3.8, 4) is 0 Å². The van der Waals surface area contributed by atoms with E-state index in [4.69, 9.17) is 0 Å². The maximum absolute atomic E-state index is 13.0. The molecule has 1 heterocycles. The second kappa shape index (κ2) is 8.94. The number of amides is 1. The molecule has 0 spiro atoms. The number of unbranched alkanes of at least 4 members (excludes halogenated alkanes) is 1. The Morgan fingerprint density at radius 1 is 1.27 bits per heavy atom. The van der Waals surface area contributed by atoms with E-state index in [1.807, 2.05) is 0 Å². The molecule has 2 atom stereocenters. The zero-order chi connectivity index (χ0) is 18.4. The molecule has 0 aromatic heterocycles. The Balaban J connectivity index is 1.89. The molecular formula is C23H31NOS. The number of nitrogens with zero attached hydrogens (tertiary/aromatic N) is 1. The van der Waals surface area contributed by atoms with Crippen molar-refractivity contribution in [3.63, 3.8) is 0 Å². The Kier molecular flexibility index (Phi) is 6.63. The molecule has 1 aromatic carbocycles. The van der Waals surface area contributed by atoms with Gasteiger partial charge in [-0.15, -0.1) is 0 Å². The van der Waals surface area contributed by atoms with Crippen molar-refractivity contribution >= 4 is 18.5 Å². The number of thiol groups is 1. The lowest BCUT2D eigenvalue weighted by molar-refractivity contribution is -0.132. The minimum atomic E-state index is -0.169. The van der Waals surface area contributed by atoms with Crippen molar-refractivity contribution in [1.82, 2.24) is 4.90 Å². The second-order valence-electron chi connectivity index (χ2n) is 7.61. The van der Waals surface area contributed by atoms with Crippen molar-refractivity contribution < 1.29 is 4.79 Å². The predicted octanol–water partition coefficient (Wildman–Crippen LogP) is 5.31. The fourth-order valence-electron chi connectivity index (χ4n) is 4.34. The average molecular weight is 370 g/mol. The number of benzene rings is 1. The van der Waals surface area contributed by atoms with Crippen LogP contribution in [0.5, 0.6) is 0 Å². The van der Waals surface area contributed by atoms with Crippen LogP contribution in [0, 0.1) is 0 Å². The van der Waals surface area contributed by atoms with Gasteiger partial charge < -0.3 is 4.90 Å². The number of piperidine rings is 1. The van der Waals surface area contributed by atoms with Gasteiger partial charge in [-0.2, -0.15) is 12.6 Å². The summed E-state index contributed by atoms with van der Waals surface area (Å²) >= 11 is 4.62. The van der Waals surface area contributed by atoms with Crippen LogP contribution in [0.4, 0.5) is 0 Å². The minimum absolute atomic E-state index is 0.0790. The van der Waals surface area contributed by atoms with Gasteiger partial charge in [-0.3, -0.25) is 4.79 Å². The van der Waals surface area contributed by atoms with Gasteiger partial charge in [-0.1, -0.05) is 68.3 Å². The molecule has 1 saturated heterocycles. The molecule has 3 heteroatoms. The molecule has 140 valence electrons. The Labute approximate surface area is 163 Å². The van der Waals surface area contributed by atoms with Gasteiger partial charge in [0, 0.05) is 18.5 Å². The third-order valence-electron chi connectivity index (χ3n) is 5.79. The minimum Gasteiger partial charge on any atom is -0.341 e. The normalized spacial score (nSPS) is 24.2. The SMILES string of the molecule is CCCCC(S)C(=O)N1CCCC(C2=CCCC=C2)(c2ccccc2)C1. The third kappa shape index (κ3) is 4.09. The Morgan fingerprint density at radius 3 is 2.77 bits per heavy atom. The summed E-state index contributed by atoms with van der Waals surface area (Å²) < 4.78 is 0. The van der Waals surface area contributed by atoms with Crippen LogP contribution in [0.1, 0.15) is 57.4 Å². The highest BCUT2D eigenvalue weighted by molar-refractivity contribution is 7.81. The summed E-state index contributed by atoms with van der Waals surface area (Å²) in [5, 5.41) is -0.169. The summed E-state index contributed by atoms with van der Waals surface area (Å²) in [6.07, 6.45) is 14.4. The van der Waals surface area contributed by atoms with Gasteiger partial charge in [0.1, 0.15) is 0 Å². The Bertz CT molecular complexity index is 666. The molecule has 2 nitrogen and oxygen atoms in total. The Morgan fingerprint density at radius 2 is 2.08 bits per heavy atom. The first-order chi connectivity index (χ1) is 12.7. The largest absolute Gasteiger partial charge is 0.341 e. The van der Waals surface area contributed by atoms with Crippen LogP contribution in [0.3, 0.4) is 0 Å². The van der Waals surface area contributed by atoms with Crippen LogP contribution in [0.25, 0.3) is 0 Å². The molecule has 1 aromatic rings. The fraction of sp³-hybridized carbons (Fsp3) is 0.522. The van der Waals surface area contributed by atoms with E-state index in [2.05, 4.69) is 73.0 Å². The Hall–Kier alpha value is -1.48. The van der Waals surface area contributed by atoms with E-state index in [1.165, 1.54) is 11.1 Å². The molecule has 1 fully saturated rings. The van der Waals surface area contributed by atoms with Crippen LogP contribution in [0.2, 0.25) is 0 Å². The zero-order valence-electron chi connectivity index (χ0n) is 15.9. The number of rotatable bonds is 6. The first kappa shape index (κ1) is 19.3. The number of allylic oxidation sites excluding steroid dienone is 3. The van der Waals surface area contributed by atoms with E-state index in [0.717, 1.165) is 58.0 Å². The van der Waals surface area contributed by atoms with E-state index in [0.29, 0.717) is 0 Å². The van der Waals surface area contributed by atoms with E-state index in [-0.39, 0.29) is 16.6 Å². The maximum atomic E-state index is 13.0. The zero-order valence-corrected chi connectivity index (χ0v) is 16.8. The molecule has 1 aliphatic carbocycles. The van der Waals surface area contributed by atoms with Gasteiger partial charge in [0.05, 0.1) is 5.25 Å². The van der Waals surface area contributed by atoms with Gasteiger partial charge in [0.15, 0.2) is 0 Å². The standard InChI is InChI=1S/C23H31NOS/c1-2-3-15-21(26)22(25)24-17-10-16-23(18-24,19-11-6-4-7-12-19)20-13-8-5-9-14-20/h4,6-8,11-14,21,26H,2-3,5,9-10,15-18H2,1H3. The van der Waals surface area contributed by atoms with Crippen molar-refractivity contribution in [3.05, 3.63) is 59.7 Å². The van der Waals surface area contributed by atoms with Crippen molar-refractivity contribution in [1.29, 1.82) is 0 Å². The van der Waals surface area contributed by atoms with Crippen LogP contribution >= 0.6 is 12.6 Å². The maximum Gasteiger partial charge on any atom is 0.235 e. The van der Waals surface area contributed by atoms with Crippen molar-refractivity contribution in [2.24, 2.45) is 0 Å². The lowest BCUT2D eigenvalue weighted by Crippen LogP contribution is -2.51. The first-order valence-electron chi connectivity index (χ1n) is 10.1. The molecule has 0 saturated carbocycles. The van der Waals surface area contributed by atoms with E-state index in [1.54, 1.807) is 0 Å². The van der Waals surface area contributed by atoms with Crippen molar-refractivity contribution in [2.45, 2.75) is 62.5 Å². The monoisotopic (exact) mass is 369 g/mol. The summed E-state index contributed by atoms with van der Waals surface area (Å²) in [6, 6.07) is 10.8. The molecular weight excluding hydrogens is 338 g/mol. The second-order valence-corrected chi connectivity index (χ2v) is 8.23. The highest BCUT2D eigenvalue weighted by atomic mass is 32.1. The molecule has 3 rings (SSSR count). The predicted molar refractivity (Wildman–Crippen MR) is 113 cm³/mol. The summed E-state index contributed by atoms with van der Waals surface area (Å²) in [7, 11) is 0. The molecule has 2 aliphatic rings. The van der Waals surface area contributed by atoms with Crippen molar-refractivity contribution in [2.75, 3.05) is 13.1 Å². The summed E-state index contributed by atoms with van der Waals surface area (Å²) in [6.45, 7) is 3.79. The highest BCUT2D eigenvalue weighted by Gasteiger charge is 2.41. The summed E-state index contributed by atoms with van der Waals surface area (Å²) in [5.74, 6) is 0.210. The molecule has 0 radical (unpaired) electrons. The number of hydrogen-bond acceptors (Lipinski definition) is 2. The average Bonchev–Trinajstić information content (AvgIpc) is 2.72. The van der Waals surface area contributed by atoms with Crippen LogP contribution in [0.15, 0.2) is 54.1 Å². The fourth-order valence-corrected chi connectivity index (χ4v) is 4.68. The summed E-state index contributed by atoms with van der Waals surface area (Å²) in [5.41, 5.74) is 2.64. The van der Waals surface area contributed by atoms with Crippen LogP contribution < -0.4 is 0 Å². The molecule has 0 bridgehead atoms. The number of carbonyl (C=O) groups excluding carboxylic acids is 1. The molecule has 0 N–H and O–H groups in total. The van der Waals surface area contributed by atoms with E-state index >= 15 is 0 Å². The topological polar surface area (TPSA) is 20.3 Å². The molecule has 1 amide bonds. The number of hydrogen-bond donors (Lipinski definition) is 1. The quantitative estimate of drug-likeness (QED) is 0.674. The van der Waals surface area contributed by atoms with Gasteiger partial charge in [0.2, 0.25) is 5.91 Å². The third-order valence-corrected chi connectivity index (χ3v) is 6.27. The molecule has 1 aliphatic heterocycles. The first-order valence-corrected chi connectivity index (χ1v) is 10.6. The smallest absolute Gasteiger partial charge is 0.235 e.